The van der Waals surface area contributed by atoms with Crippen molar-refractivity contribution in [3.8, 4) is 0 Å². The van der Waals surface area contributed by atoms with Crippen molar-refractivity contribution in [1.82, 2.24) is 14.7 Å². The van der Waals surface area contributed by atoms with Crippen LogP contribution in [0.4, 0.5) is 5.13 Å². The average molecular weight is 242 g/mol. The molecule has 0 radical (unpaired) electrons. The topological polar surface area (TPSA) is 66.9 Å². The molecule has 1 amide bonds. The van der Waals surface area contributed by atoms with Crippen molar-refractivity contribution in [2.45, 2.75) is 33.1 Å². The van der Waals surface area contributed by atoms with Gasteiger partial charge in [-0.05, 0) is 0 Å². The maximum atomic E-state index is 10.6. The number of nitrogens with zero attached hydrogens (tertiary/aromatic N) is 2. The number of aromatic nitrogens is 2. The molecule has 0 saturated carbocycles. The molecule has 0 fully saturated rings. The minimum absolute atomic E-state index is 0.0190. The number of carbonyl (C=O) groups excluding carboxylic acids is 1. The second-order valence-corrected chi connectivity index (χ2v) is 5.33. The lowest BCUT2D eigenvalue weighted by Gasteiger charge is -2.12. The number of anilines is 1. The summed E-state index contributed by atoms with van der Waals surface area (Å²) in [5.41, 5.74) is -0.0198. The summed E-state index contributed by atoms with van der Waals surface area (Å²) < 4.78 is 4.28. The molecule has 90 valence electrons. The Labute approximate surface area is 99.8 Å². The van der Waals surface area contributed by atoms with Crippen molar-refractivity contribution in [3.63, 3.8) is 0 Å². The Balaban J connectivity index is 2.38. The lowest BCUT2D eigenvalue weighted by Crippen LogP contribution is -2.26. The Morgan fingerprint density at radius 2 is 2.06 bits per heavy atom. The highest BCUT2D eigenvalue weighted by Gasteiger charge is 2.19. The van der Waals surface area contributed by atoms with E-state index < -0.39 is 0 Å². The second-order valence-electron chi connectivity index (χ2n) is 4.58. The van der Waals surface area contributed by atoms with Gasteiger partial charge in [-0.2, -0.15) is 4.37 Å². The number of nitrogens with one attached hydrogen (secondary N) is 2. The van der Waals surface area contributed by atoms with E-state index in [4.69, 9.17) is 0 Å². The minimum Gasteiger partial charge on any atom is -0.359 e. The zero-order valence-electron chi connectivity index (χ0n) is 10.1. The summed E-state index contributed by atoms with van der Waals surface area (Å²) in [5, 5.41) is 6.63. The molecule has 1 aromatic rings. The summed E-state index contributed by atoms with van der Waals surface area (Å²) in [4.78, 5) is 15.0. The smallest absolute Gasteiger partial charge is 0.216 e. The van der Waals surface area contributed by atoms with Gasteiger partial charge in [0.15, 0.2) is 0 Å². The van der Waals surface area contributed by atoms with E-state index in [9.17, 15) is 4.79 Å². The van der Waals surface area contributed by atoms with Crippen molar-refractivity contribution in [1.29, 1.82) is 0 Å². The van der Waals surface area contributed by atoms with E-state index in [0.717, 1.165) is 11.0 Å². The molecule has 1 heterocycles. The SMILES string of the molecule is CC(=O)NCCNc1nc(C(C)(C)C)ns1. The van der Waals surface area contributed by atoms with E-state index >= 15 is 0 Å². The van der Waals surface area contributed by atoms with Gasteiger partial charge >= 0.3 is 0 Å². The number of amides is 1. The largest absolute Gasteiger partial charge is 0.359 e. The summed E-state index contributed by atoms with van der Waals surface area (Å²) in [7, 11) is 0. The molecule has 0 atom stereocenters. The quantitative estimate of drug-likeness (QED) is 0.783. The Bertz CT molecular complexity index is 356. The van der Waals surface area contributed by atoms with E-state index in [-0.39, 0.29) is 11.3 Å². The van der Waals surface area contributed by atoms with Crippen LogP contribution in [0.25, 0.3) is 0 Å². The van der Waals surface area contributed by atoms with Crippen LogP contribution in [0.15, 0.2) is 0 Å². The maximum Gasteiger partial charge on any atom is 0.216 e. The van der Waals surface area contributed by atoms with E-state index in [2.05, 4.69) is 40.8 Å². The van der Waals surface area contributed by atoms with Crippen molar-refractivity contribution < 1.29 is 4.79 Å². The molecule has 6 heteroatoms. The van der Waals surface area contributed by atoms with Crippen molar-refractivity contribution in [2.24, 2.45) is 0 Å². The Kier molecular flexibility index (Phi) is 4.23. The summed E-state index contributed by atoms with van der Waals surface area (Å²) >= 11 is 1.35. The monoisotopic (exact) mass is 242 g/mol. The van der Waals surface area contributed by atoms with Gasteiger partial charge in [0.1, 0.15) is 5.82 Å². The molecule has 16 heavy (non-hydrogen) atoms. The van der Waals surface area contributed by atoms with E-state index in [1.807, 2.05) is 0 Å². The number of carbonyl (C=O) groups is 1. The normalized spacial score (nSPS) is 11.2. The highest BCUT2D eigenvalue weighted by molar-refractivity contribution is 7.09. The molecule has 0 spiro atoms. The Hall–Kier alpha value is -1.17. The number of rotatable bonds is 4. The lowest BCUT2D eigenvalue weighted by atomic mass is 9.96. The first-order valence-corrected chi connectivity index (χ1v) is 5.99. The summed E-state index contributed by atoms with van der Waals surface area (Å²) in [6.07, 6.45) is 0. The predicted molar refractivity (Wildman–Crippen MR) is 65.8 cm³/mol. The fourth-order valence-corrected chi connectivity index (χ4v) is 1.79. The molecule has 0 aromatic carbocycles. The van der Waals surface area contributed by atoms with Crippen molar-refractivity contribution in [2.75, 3.05) is 18.4 Å². The van der Waals surface area contributed by atoms with Crippen LogP contribution in [0.2, 0.25) is 0 Å². The van der Waals surface area contributed by atoms with Crippen LogP contribution >= 0.6 is 11.5 Å². The molecule has 5 nitrogen and oxygen atoms in total. The standard InChI is InChI=1S/C10H18N4OS/c1-7(15)11-5-6-12-9-13-8(14-16-9)10(2,3)4/h5-6H2,1-4H3,(H,11,15)(H,12,13,14). The summed E-state index contributed by atoms with van der Waals surface area (Å²) in [6.45, 7) is 9.00. The lowest BCUT2D eigenvalue weighted by molar-refractivity contribution is -0.118. The zero-order chi connectivity index (χ0) is 12.2. The molecule has 2 N–H and O–H groups in total. The highest BCUT2D eigenvalue weighted by atomic mass is 32.1. The molecule has 0 aliphatic carbocycles. The van der Waals surface area contributed by atoms with Crippen LogP contribution in [0, 0.1) is 0 Å². The maximum absolute atomic E-state index is 10.6. The first-order chi connectivity index (χ1) is 7.39. The van der Waals surface area contributed by atoms with E-state index in [0.29, 0.717) is 13.1 Å². The fourth-order valence-electron chi connectivity index (χ4n) is 1.01. The minimum atomic E-state index is -0.0198. The fraction of sp³-hybridized carbons (Fsp3) is 0.700. The van der Waals surface area contributed by atoms with Gasteiger partial charge in [0, 0.05) is 37.0 Å². The zero-order valence-corrected chi connectivity index (χ0v) is 10.9. The molecule has 0 aliphatic heterocycles. The van der Waals surface area contributed by atoms with Crippen LogP contribution in [-0.2, 0) is 10.2 Å². The molecule has 0 bridgehead atoms. The average Bonchev–Trinajstić information content (AvgIpc) is 2.59. The van der Waals surface area contributed by atoms with Gasteiger partial charge in [0.2, 0.25) is 11.0 Å². The second kappa shape index (κ2) is 5.25. The van der Waals surface area contributed by atoms with Crippen molar-refractivity contribution >= 4 is 22.6 Å². The van der Waals surface area contributed by atoms with Gasteiger partial charge in [-0.3, -0.25) is 4.79 Å². The molecule has 0 saturated heterocycles. The molecule has 1 rings (SSSR count). The third kappa shape index (κ3) is 4.14. The van der Waals surface area contributed by atoms with Gasteiger partial charge in [-0.1, -0.05) is 20.8 Å². The number of hydrogen-bond acceptors (Lipinski definition) is 5. The Morgan fingerprint density at radius 3 is 2.56 bits per heavy atom. The number of hydrogen-bond donors (Lipinski definition) is 2. The van der Waals surface area contributed by atoms with Crippen molar-refractivity contribution in [3.05, 3.63) is 5.82 Å². The summed E-state index contributed by atoms with van der Waals surface area (Å²) in [5.74, 6) is 0.828. The Morgan fingerprint density at radius 1 is 1.38 bits per heavy atom. The first kappa shape index (κ1) is 12.9. The molecule has 0 unspecified atom stereocenters. The van der Waals surface area contributed by atoms with Crippen LogP contribution in [-0.4, -0.2) is 28.4 Å². The molecule has 1 aromatic heterocycles. The third-order valence-electron chi connectivity index (χ3n) is 1.87. The van der Waals surface area contributed by atoms with Gasteiger partial charge in [-0.15, -0.1) is 0 Å². The van der Waals surface area contributed by atoms with Crippen LogP contribution in [0.3, 0.4) is 0 Å². The summed E-state index contributed by atoms with van der Waals surface area (Å²) in [6, 6.07) is 0. The molecule has 0 aliphatic rings. The van der Waals surface area contributed by atoms with Crippen LogP contribution in [0.1, 0.15) is 33.5 Å². The van der Waals surface area contributed by atoms with Gasteiger partial charge in [-0.25, -0.2) is 4.98 Å². The third-order valence-corrected chi connectivity index (χ3v) is 2.54. The predicted octanol–water partition coefficient (Wildman–Crippen LogP) is 1.38. The van der Waals surface area contributed by atoms with Crippen LogP contribution < -0.4 is 10.6 Å². The first-order valence-electron chi connectivity index (χ1n) is 5.22. The molecular weight excluding hydrogens is 224 g/mol. The van der Waals surface area contributed by atoms with Gasteiger partial charge in [0.25, 0.3) is 0 Å². The van der Waals surface area contributed by atoms with E-state index in [1.165, 1.54) is 18.5 Å². The van der Waals surface area contributed by atoms with Crippen LogP contribution in [0.5, 0.6) is 0 Å². The van der Waals surface area contributed by atoms with Gasteiger partial charge in [0.05, 0.1) is 0 Å². The van der Waals surface area contributed by atoms with Gasteiger partial charge < -0.3 is 10.6 Å². The highest BCUT2D eigenvalue weighted by Crippen LogP contribution is 2.22. The van der Waals surface area contributed by atoms with E-state index in [1.54, 1.807) is 0 Å². The molecular formula is C10H18N4OS.